The average molecular weight is 735 g/mol. The van der Waals surface area contributed by atoms with Gasteiger partial charge in [-0.05, 0) is 59.2 Å². The van der Waals surface area contributed by atoms with Crippen LogP contribution in [0, 0.1) is 0 Å². The third-order valence-electron chi connectivity index (χ3n) is 10.1. The Kier molecular flexibility index (Phi) is 8.67. The summed E-state index contributed by atoms with van der Waals surface area (Å²) in [6.45, 7) is 0. The molecule has 0 aliphatic rings. The van der Waals surface area contributed by atoms with E-state index >= 15 is 0 Å². The van der Waals surface area contributed by atoms with Crippen molar-refractivity contribution >= 4 is 48.6 Å². The van der Waals surface area contributed by atoms with E-state index in [1.807, 2.05) is 60.7 Å². The van der Waals surface area contributed by atoms with Crippen LogP contribution < -0.4 is 4.90 Å². The van der Waals surface area contributed by atoms with Gasteiger partial charge in [-0.2, -0.15) is 0 Å². The number of para-hydroxylation sites is 2. The molecule has 0 radical (unpaired) electrons. The Morgan fingerprint density at radius 3 is 1.52 bits per heavy atom. The first-order valence-electron chi connectivity index (χ1n) is 18.7. The van der Waals surface area contributed by atoms with Gasteiger partial charge in [0.15, 0.2) is 17.5 Å². The highest BCUT2D eigenvalue weighted by Crippen LogP contribution is 2.43. The predicted octanol–water partition coefficient (Wildman–Crippen LogP) is 14.0. The maximum atomic E-state index is 5.07. The third kappa shape index (κ3) is 6.30. The molecule has 56 heavy (non-hydrogen) atoms. The average Bonchev–Trinajstić information content (AvgIpc) is 3.66. The van der Waals surface area contributed by atoms with Gasteiger partial charge in [0.25, 0.3) is 0 Å². The van der Waals surface area contributed by atoms with Crippen molar-refractivity contribution < 1.29 is 0 Å². The van der Waals surface area contributed by atoms with Gasteiger partial charge in [-0.25, -0.2) is 15.0 Å². The number of nitrogens with zero attached hydrogens (tertiary/aromatic N) is 4. The molecule has 2 aromatic heterocycles. The number of rotatable bonds is 8. The van der Waals surface area contributed by atoms with Crippen LogP contribution in [-0.2, 0) is 0 Å². The molecule has 0 unspecified atom stereocenters. The van der Waals surface area contributed by atoms with Crippen molar-refractivity contribution in [3.8, 4) is 56.4 Å². The number of benzene rings is 8. The number of fused-ring (bicyclic) bond motifs is 3. The normalized spacial score (nSPS) is 11.2. The van der Waals surface area contributed by atoms with Crippen LogP contribution in [0.25, 0.3) is 76.6 Å². The van der Waals surface area contributed by atoms with Gasteiger partial charge >= 0.3 is 0 Å². The number of anilines is 3. The summed E-state index contributed by atoms with van der Waals surface area (Å²) in [6, 6.07) is 72.3. The van der Waals surface area contributed by atoms with Gasteiger partial charge in [-0.15, -0.1) is 11.3 Å². The topological polar surface area (TPSA) is 41.9 Å². The Bertz CT molecular complexity index is 2890. The molecule has 0 saturated heterocycles. The Hall–Kier alpha value is -7.21. The minimum Gasteiger partial charge on any atom is -0.310 e. The van der Waals surface area contributed by atoms with Crippen molar-refractivity contribution in [1.82, 2.24) is 15.0 Å². The quantitative estimate of drug-likeness (QED) is 0.156. The van der Waals surface area contributed by atoms with Gasteiger partial charge in [0, 0.05) is 53.8 Å². The third-order valence-corrected chi connectivity index (χ3v) is 11.3. The molecule has 0 spiro atoms. The van der Waals surface area contributed by atoms with Crippen LogP contribution in [0.2, 0.25) is 0 Å². The van der Waals surface area contributed by atoms with E-state index in [9.17, 15) is 0 Å². The molecule has 0 N–H and O–H groups in total. The lowest BCUT2D eigenvalue weighted by atomic mass is 10.00. The summed E-state index contributed by atoms with van der Waals surface area (Å²) >= 11 is 1.80. The largest absolute Gasteiger partial charge is 0.310 e. The lowest BCUT2D eigenvalue weighted by molar-refractivity contribution is 1.08. The van der Waals surface area contributed by atoms with Crippen LogP contribution in [0.5, 0.6) is 0 Å². The Balaban J connectivity index is 1.04. The zero-order chi connectivity index (χ0) is 37.3. The summed E-state index contributed by atoms with van der Waals surface area (Å²) in [6.07, 6.45) is 0. The first-order chi connectivity index (χ1) is 27.8. The fraction of sp³-hybridized carbons (Fsp3) is 0. The zero-order valence-electron chi connectivity index (χ0n) is 30.3. The molecule has 8 aromatic carbocycles. The van der Waals surface area contributed by atoms with Crippen molar-refractivity contribution in [2.75, 3.05) is 4.90 Å². The molecule has 0 saturated carbocycles. The maximum absolute atomic E-state index is 5.07. The molecule has 0 fully saturated rings. The molecule has 0 aliphatic carbocycles. The second kappa shape index (κ2) is 14.6. The smallest absolute Gasteiger partial charge is 0.164 e. The van der Waals surface area contributed by atoms with Gasteiger partial charge in [-0.1, -0.05) is 164 Å². The Morgan fingerprint density at radius 2 is 0.857 bits per heavy atom. The van der Waals surface area contributed by atoms with Gasteiger partial charge < -0.3 is 4.90 Å². The summed E-state index contributed by atoms with van der Waals surface area (Å²) in [5.41, 5.74) is 10.9. The fourth-order valence-electron chi connectivity index (χ4n) is 7.46. The first kappa shape index (κ1) is 33.4. The van der Waals surface area contributed by atoms with E-state index in [-0.39, 0.29) is 0 Å². The van der Waals surface area contributed by atoms with Gasteiger partial charge in [-0.3, -0.25) is 0 Å². The highest BCUT2D eigenvalue weighted by atomic mass is 32.1. The molecule has 264 valence electrons. The molecule has 0 atom stereocenters. The summed E-state index contributed by atoms with van der Waals surface area (Å²) in [4.78, 5) is 17.4. The molecule has 4 nitrogen and oxygen atoms in total. The standard InChI is InChI=1S/C51H34N4S/c1-5-16-36(17-6-1)42-24-13-14-26-45(42)55(40-22-11-4-12-23-40)41-31-28-35(29-32-41)39-30-33-43-47(34-39)56-46-27-15-25-44(48(43)46)51-53-49(37-18-7-2-8-19-37)52-50(54-51)38-20-9-3-10-21-38/h1-34H. The summed E-state index contributed by atoms with van der Waals surface area (Å²) in [5.74, 6) is 1.98. The first-order valence-corrected chi connectivity index (χ1v) is 19.5. The minimum absolute atomic E-state index is 0.658. The van der Waals surface area contributed by atoms with Crippen molar-refractivity contribution in [1.29, 1.82) is 0 Å². The van der Waals surface area contributed by atoms with Crippen molar-refractivity contribution in [2.45, 2.75) is 0 Å². The van der Waals surface area contributed by atoms with E-state index in [1.54, 1.807) is 11.3 Å². The predicted molar refractivity (Wildman–Crippen MR) is 235 cm³/mol. The van der Waals surface area contributed by atoms with Crippen molar-refractivity contribution in [3.63, 3.8) is 0 Å². The SMILES string of the molecule is c1ccc(-c2nc(-c3ccccc3)nc(-c3cccc4sc5cc(-c6ccc(N(c7ccccc7)c7ccccc7-c7ccccc7)cc6)ccc5c34)n2)cc1. The lowest BCUT2D eigenvalue weighted by Gasteiger charge is -2.28. The van der Waals surface area contributed by atoms with Crippen LogP contribution in [0.4, 0.5) is 17.1 Å². The molecular weight excluding hydrogens is 701 g/mol. The van der Waals surface area contributed by atoms with Crippen LogP contribution >= 0.6 is 11.3 Å². The van der Waals surface area contributed by atoms with Crippen molar-refractivity contribution in [3.05, 3.63) is 206 Å². The molecule has 2 heterocycles. The highest BCUT2D eigenvalue weighted by Gasteiger charge is 2.19. The van der Waals surface area contributed by atoms with E-state index in [4.69, 9.17) is 15.0 Å². The van der Waals surface area contributed by atoms with Crippen molar-refractivity contribution in [2.24, 2.45) is 0 Å². The highest BCUT2D eigenvalue weighted by molar-refractivity contribution is 7.26. The number of aromatic nitrogens is 3. The monoisotopic (exact) mass is 734 g/mol. The molecule has 0 bridgehead atoms. The zero-order valence-corrected chi connectivity index (χ0v) is 31.1. The van der Waals surface area contributed by atoms with Gasteiger partial charge in [0.2, 0.25) is 0 Å². The molecular formula is C51H34N4S. The van der Waals surface area contributed by atoms with E-state index in [1.165, 1.54) is 31.5 Å². The molecule has 0 aliphatic heterocycles. The summed E-state index contributed by atoms with van der Waals surface area (Å²) < 4.78 is 2.42. The van der Waals surface area contributed by atoms with Crippen LogP contribution in [-0.4, -0.2) is 15.0 Å². The summed E-state index contributed by atoms with van der Waals surface area (Å²) in [5, 5.41) is 2.35. The van der Waals surface area contributed by atoms with E-state index in [2.05, 4.69) is 150 Å². The molecule has 0 amide bonds. The minimum atomic E-state index is 0.658. The van der Waals surface area contributed by atoms with Crippen LogP contribution in [0.15, 0.2) is 206 Å². The van der Waals surface area contributed by atoms with E-state index in [0.717, 1.165) is 44.7 Å². The maximum Gasteiger partial charge on any atom is 0.164 e. The molecule has 5 heteroatoms. The number of hydrogen-bond acceptors (Lipinski definition) is 5. The van der Waals surface area contributed by atoms with Crippen LogP contribution in [0.3, 0.4) is 0 Å². The van der Waals surface area contributed by atoms with Crippen LogP contribution in [0.1, 0.15) is 0 Å². The number of hydrogen-bond donors (Lipinski definition) is 0. The molecule has 10 aromatic rings. The van der Waals surface area contributed by atoms with Gasteiger partial charge in [0.05, 0.1) is 5.69 Å². The molecule has 10 rings (SSSR count). The van der Waals surface area contributed by atoms with Gasteiger partial charge in [0.1, 0.15) is 0 Å². The van der Waals surface area contributed by atoms with E-state index < -0.39 is 0 Å². The number of thiophene rings is 1. The second-order valence-electron chi connectivity index (χ2n) is 13.6. The van der Waals surface area contributed by atoms with E-state index in [0.29, 0.717) is 17.5 Å². The lowest BCUT2D eigenvalue weighted by Crippen LogP contribution is -2.11. The second-order valence-corrected chi connectivity index (χ2v) is 14.7. The Morgan fingerprint density at radius 1 is 0.339 bits per heavy atom. The fourth-order valence-corrected chi connectivity index (χ4v) is 8.63. The Labute approximate surface area is 329 Å². The summed E-state index contributed by atoms with van der Waals surface area (Å²) in [7, 11) is 0.